The summed E-state index contributed by atoms with van der Waals surface area (Å²) >= 11 is 7.56. The van der Waals surface area contributed by atoms with Crippen LogP contribution in [0.25, 0.3) is 21.6 Å². The molecule has 1 atom stereocenters. The van der Waals surface area contributed by atoms with E-state index in [2.05, 4.69) is 20.3 Å². The molecule has 0 spiro atoms. The van der Waals surface area contributed by atoms with Crippen LogP contribution < -0.4 is 5.32 Å². The van der Waals surface area contributed by atoms with Gasteiger partial charge in [0.15, 0.2) is 5.13 Å². The molecule has 2 N–H and O–H groups in total. The molecule has 0 saturated carbocycles. The van der Waals surface area contributed by atoms with Gasteiger partial charge in [-0.25, -0.2) is 9.37 Å². The first-order valence-corrected chi connectivity index (χ1v) is 10.3. The zero-order valence-corrected chi connectivity index (χ0v) is 17.3. The van der Waals surface area contributed by atoms with E-state index in [4.69, 9.17) is 11.6 Å². The Morgan fingerprint density at radius 1 is 1.23 bits per heavy atom. The Morgan fingerprint density at radius 2 is 2.07 bits per heavy atom. The Labute approximate surface area is 180 Å². The van der Waals surface area contributed by atoms with Crippen molar-refractivity contribution in [1.82, 2.24) is 15.0 Å². The largest absolute Gasteiger partial charge is 0.388 e. The van der Waals surface area contributed by atoms with Gasteiger partial charge < -0.3 is 5.11 Å². The Bertz CT molecular complexity index is 1230. The molecule has 0 aliphatic carbocycles. The van der Waals surface area contributed by atoms with Gasteiger partial charge in [-0.05, 0) is 36.8 Å². The minimum Gasteiger partial charge on any atom is -0.388 e. The van der Waals surface area contributed by atoms with Crippen LogP contribution in [0.15, 0.2) is 48.8 Å². The number of carbonyl (C=O) groups excluding carboxylic acids is 1. The molecular weight excluding hydrogens is 427 g/mol. The van der Waals surface area contributed by atoms with Gasteiger partial charge in [-0.15, -0.1) is 0 Å². The molecule has 3 aromatic heterocycles. The quantitative estimate of drug-likeness (QED) is 0.441. The first-order chi connectivity index (χ1) is 14.4. The monoisotopic (exact) mass is 442 g/mol. The van der Waals surface area contributed by atoms with Crippen molar-refractivity contribution in [3.63, 3.8) is 0 Å². The first kappa shape index (κ1) is 20.3. The molecule has 30 heavy (non-hydrogen) atoms. The summed E-state index contributed by atoms with van der Waals surface area (Å²) in [5.41, 5.74) is 2.42. The van der Waals surface area contributed by atoms with Gasteiger partial charge in [0.1, 0.15) is 11.5 Å². The molecule has 0 aliphatic rings. The fraction of sp³-hybridized carbons (Fsp3) is 0.143. The lowest BCUT2D eigenvalue weighted by Gasteiger charge is -2.10. The number of pyridine rings is 2. The molecule has 1 amide bonds. The van der Waals surface area contributed by atoms with E-state index in [-0.39, 0.29) is 11.7 Å². The molecule has 4 aromatic rings. The number of carbonyl (C=O) groups is 1. The molecule has 0 fully saturated rings. The minimum atomic E-state index is -0.623. The number of hydrogen-bond donors (Lipinski definition) is 2. The van der Waals surface area contributed by atoms with Gasteiger partial charge in [-0.3, -0.25) is 20.1 Å². The number of nitrogens with one attached hydrogen (secondary N) is 1. The average Bonchev–Trinajstić information content (AvgIpc) is 3.14. The molecule has 0 radical (unpaired) electrons. The number of anilines is 1. The molecule has 0 bridgehead atoms. The number of thiazole rings is 1. The highest BCUT2D eigenvalue weighted by atomic mass is 35.5. The zero-order chi connectivity index (χ0) is 21.3. The van der Waals surface area contributed by atoms with Crippen molar-refractivity contribution in [2.24, 2.45) is 0 Å². The third-order valence-corrected chi connectivity index (χ3v) is 5.71. The van der Waals surface area contributed by atoms with Crippen LogP contribution in [-0.2, 0) is 0 Å². The SMILES string of the molecule is CCC(O)c1cnc(-c2ccc(C(=O)Nc3nc4cc(F)ccc4s3)cn2)c(Cl)c1. The van der Waals surface area contributed by atoms with Crippen molar-refractivity contribution < 1.29 is 14.3 Å². The van der Waals surface area contributed by atoms with Crippen LogP contribution in [0.5, 0.6) is 0 Å². The van der Waals surface area contributed by atoms with Gasteiger partial charge >= 0.3 is 0 Å². The standard InChI is InChI=1S/C21H16ClFN4O2S/c1-2-17(28)12-7-14(22)19(25-10-12)15-5-3-11(9-24-15)20(29)27-21-26-16-8-13(23)4-6-18(16)30-21/h3-10,17,28H,2H2,1H3,(H,26,27,29). The molecule has 6 nitrogen and oxygen atoms in total. The van der Waals surface area contributed by atoms with Gasteiger partial charge in [0.05, 0.1) is 32.6 Å². The maximum Gasteiger partial charge on any atom is 0.259 e. The van der Waals surface area contributed by atoms with E-state index >= 15 is 0 Å². The molecule has 1 aromatic carbocycles. The van der Waals surface area contributed by atoms with Gasteiger partial charge in [-0.1, -0.05) is 29.9 Å². The molecular formula is C21H16ClFN4O2S. The van der Waals surface area contributed by atoms with Crippen LogP contribution >= 0.6 is 22.9 Å². The molecule has 0 saturated heterocycles. The maximum absolute atomic E-state index is 13.3. The van der Waals surface area contributed by atoms with E-state index in [1.165, 1.54) is 29.7 Å². The predicted molar refractivity (Wildman–Crippen MR) is 115 cm³/mol. The van der Waals surface area contributed by atoms with Gasteiger partial charge in [-0.2, -0.15) is 0 Å². The van der Waals surface area contributed by atoms with Crippen LogP contribution in [0, 0.1) is 5.82 Å². The lowest BCUT2D eigenvalue weighted by molar-refractivity contribution is 0.102. The summed E-state index contributed by atoms with van der Waals surface area (Å²) in [6.07, 6.45) is 2.92. The summed E-state index contributed by atoms with van der Waals surface area (Å²) in [4.78, 5) is 25.3. The lowest BCUT2D eigenvalue weighted by atomic mass is 10.1. The van der Waals surface area contributed by atoms with E-state index < -0.39 is 6.10 Å². The van der Waals surface area contributed by atoms with Gasteiger partial charge in [0, 0.05) is 24.0 Å². The van der Waals surface area contributed by atoms with Crippen molar-refractivity contribution in [2.75, 3.05) is 5.32 Å². The summed E-state index contributed by atoms with van der Waals surface area (Å²) in [6, 6.07) is 9.21. The van der Waals surface area contributed by atoms with Crippen LogP contribution in [0.3, 0.4) is 0 Å². The van der Waals surface area contributed by atoms with Crippen LogP contribution in [0.1, 0.15) is 35.4 Å². The Morgan fingerprint density at radius 3 is 2.77 bits per heavy atom. The van der Waals surface area contributed by atoms with Crippen molar-refractivity contribution in [1.29, 1.82) is 0 Å². The third-order valence-electron chi connectivity index (χ3n) is 4.47. The smallest absolute Gasteiger partial charge is 0.259 e. The first-order valence-electron chi connectivity index (χ1n) is 9.12. The molecule has 9 heteroatoms. The van der Waals surface area contributed by atoms with E-state index in [0.717, 1.165) is 4.70 Å². The van der Waals surface area contributed by atoms with E-state index in [1.54, 1.807) is 30.5 Å². The van der Waals surface area contributed by atoms with Crippen molar-refractivity contribution in [3.05, 3.63) is 70.8 Å². The predicted octanol–water partition coefficient (Wildman–Crippen LogP) is 5.24. The Hall–Kier alpha value is -2.94. The van der Waals surface area contributed by atoms with E-state index in [0.29, 0.717) is 44.6 Å². The number of rotatable bonds is 5. The number of nitrogens with zero attached hydrogens (tertiary/aromatic N) is 3. The number of aliphatic hydroxyl groups excluding tert-OH is 1. The summed E-state index contributed by atoms with van der Waals surface area (Å²) in [6.45, 7) is 1.87. The number of fused-ring (bicyclic) bond motifs is 1. The third kappa shape index (κ3) is 4.16. The second-order valence-corrected chi connectivity index (χ2v) is 7.98. The highest BCUT2D eigenvalue weighted by Crippen LogP contribution is 2.29. The topological polar surface area (TPSA) is 88.0 Å². The maximum atomic E-state index is 13.3. The number of hydrogen-bond acceptors (Lipinski definition) is 6. The highest BCUT2D eigenvalue weighted by molar-refractivity contribution is 7.22. The highest BCUT2D eigenvalue weighted by Gasteiger charge is 2.14. The second kappa shape index (κ2) is 8.43. The Balaban J connectivity index is 1.52. The van der Waals surface area contributed by atoms with Gasteiger partial charge in [0.25, 0.3) is 5.91 Å². The van der Waals surface area contributed by atoms with E-state index in [9.17, 15) is 14.3 Å². The molecule has 4 rings (SSSR count). The number of amides is 1. The molecule has 0 aliphatic heterocycles. The minimum absolute atomic E-state index is 0.332. The van der Waals surface area contributed by atoms with Crippen LogP contribution in [-0.4, -0.2) is 26.0 Å². The van der Waals surface area contributed by atoms with E-state index in [1.807, 2.05) is 6.92 Å². The summed E-state index contributed by atoms with van der Waals surface area (Å²) in [7, 11) is 0. The van der Waals surface area contributed by atoms with Gasteiger partial charge in [0.2, 0.25) is 0 Å². The fourth-order valence-corrected chi connectivity index (χ4v) is 3.96. The summed E-state index contributed by atoms with van der Waals surface area (Å²) < 4.78 is 14.1. The number of benzene rings is 1. The number of aliphatic hydroxyl groups is 1. The van der Waals surface area contributed by atoms with Crippen LogP contribution in [0.2, 0.25) is 5.02 Å². The summed E-state index contributed by atoms with van der Waals surface area (Å²) in [5, 5.41) is 13.4. The molecule has 152 valence electrons. The normalized spacial score (nSPS) is 12.1. The van der Waals surface area contributed by atoms with Crippen molar-refractivity contribution in [2.45, 2.75) is 19.4 Å². The Kier molecular flexibility index (Phi) is 5.72. The summed E-state index contributed by atoms with van der Waals surface area (Å²) in [5.74, 6) is -0.760. The zero-order valence-electron chi connectivity index (χ0n) is 15.8. The lowest BCUT2D eigenvalue weighted by Crippen LogP contribution is -2.12. The molecule has 1 unspecified atom stereocenters. The fourth-order valence-electron chi connectivity index (χ4n) is 2.85. The van der Waals surface area contributed by atoms with Crippen LogP contribution in [0.4, 0.5) is 9.52 Å². The number of aromatic nitrogens is 3. The second-order valence-electron chi connectivity index (χ2n) is 6.54. The van der Waals surface area contributed by atoms with Crippen molar-refractivity contribution in [3.8, 4) is 11.4 Å². The average molecular weight is 443 g/mol. The van der Waals surface area contributed by atoms with Crippen molar-refractivity contribution >= 4 is 44.2 Å². The molecule has 3 heterocycles. The number of halogens is 2.